The lowest BCUT2D eigenvalue weighted by atomic mass is 10.1. The first-order valence-electron chi connectivity index (χ1n) is 14.0. The van der Waals surface area contributed by atoms with Crippen molar-refractivity contribution >= 4 is 62.3 Å². The van der Waals surface area contributed by atoms with Gasteiger partial charge in [0.2, 0.25) is 0 Å². The van der Waals surface area contributed by atoms with Gasteiger partial charge in [0.25, 0.3) is 0 Å². The third-order valence-corrected chi connectivity index (χ3v) is 12.1. The highest BCUT2D eigenvalue weighted by Crippen LogP contribution is 2.43. The molecular weight excluding hydrogens is 519 g/mol. The van der Waals surface area contributed by atoms with Crippen LogP contribution in [0.15, 0.2) is 120 Å². The summed E-state index contributed by atoms with van der Waals surface area (Å²) in [6, 6.07) is 40.5. The second-order valence-corrected chi connectivity index (χ2v) is 15.7. The van der Waals surface area contributed by atoms with Crippen LogP contribution in [-0.2, 0) is 0 Å². The monoisotopic (exact) mass is 543 g/mol. The van der Waals surface area contributed by atoms with E-state index in [0.717, 1.165) is 55.7 Å². The fourth-order valence-electron chi connectivity index (χ4n) is 6.89. The molecule has 3 aromatic heterocycles. The lowest BCUT2D eigenvalue weighted by Crippen LogP contribution is -2.51. The molecule has 0 fully saturated rings. The number of hydrogen-bond donors (Lipinski definition) is 0. The predicted molar refractivity (Wildman–Crippen MR) is 171 cm³/mol. The molecule has 41 heavy (non-hydrogen) atoms. The van der Waals surface area contributed by atoms with Crippen LogP contribution in [0.5, 0.6) is 0 Å². The van der Waals surface area contributed by atoms with Crippen molar-refractivity contribution in [2.45, 2.75) is 13.1 Å². The van der Waals surface area contributed by atoms with Gasteiger partial charge in [0.1, 0.15) is 25.1 Å². The fraction of sp³-hybridized carbons (Fsp3) is 0.0556. The van der Waals surface area contributed by atoms with Crippen molar-refractivity contribution < 1.29 is 4.42 Å². The van der Waals surface area contributed by atoms with Crippen molar-refractivity contribution in [1.82, 2.24) is 14.5 Å². The van der Waals surface area contributed by atoms with Gasteiger partial charge >= 0.3 is 0 Å². The van der Waals surface area contributed by atoms with Crippen LogP contribution in [-0.4, -0.2) is 22.6 Å². The van der Waals surface area contributed by atoms with E-state index in [1.807, 2.05) is 12.1 Å². The average Bonchev–Trinajstić information content (AvgIpc) is 3.63. The van der Waals surface area contributed by atoms with Crippen molar-refractivity contribution in [1.29, 1.82) is 0 Å². The van der Waals surface area contributed by atoms with Crippen LogP contribution in [0.3, 0.4) is 0 Å². The molecule has 0 N–H and O–H groups in total. The van der Waals surface area contributed by atoms with Crippen LogP contribution in [0, 0.1) is 0 Å². The number of hydrogen-bond acceptors (Lipinski definition) is 3. The number of aromatic nitrogens is 3. The Morgan fingerprint density at radius 3 is 2.24 bits per heavy atom. The minimum absolute atomic E-state index is 0.767. The summed E-state index contributed by atoms with van der Waals surface area (Å²) >= 11 is 0. The van der Waals surface area contributed by atoms with Gasteiger partial charge in [0, 0.05) is 32.6 Å². The van der Waals surface area contributed by atoms with Crippen LogP contribution in [0.2, 0.25) is 13.1 Å². The average molecular weight is 544 g/mol. The highest BCUT2D eigenvalue weighted by atomic mass is 28.3. The van der Waals surface area contributed by atoms with Gasteiger partial charge in [-0.3, -0.25) is 4.57 Å². The quantitative estimate of drug-likeness (QED) is 0.208. The molecule has 9 rings (SSSR count). The van der Waals surface area contributed by atoms with Crippen molar-refractivity contribution in [2.75, 3.05) is 0 Å². The van der Waals surface area contributed by atoms with E-state index in [4.69, 9.17) is 14.4 Å². The summed E-state index contributed by atoms with van der Waals surface area (Å²) in [6.45, 7) is 4.83. The molecule has 0 spiro atoms. The summed E-state index contributed by atoms with van der Waals surface area (Å²) in [5.41, 5.74) is 7.46. The summed E-state index contributed by atoms with van der Waals surface area (Å²) in [5.74, 6) is 1.70. The molecule has 0 unspecified atom stereocenters. The van der Waals surface area contributed by atoms with E-state index in [2.05, 4.69) is 121 Å². The highest BCUT2D eigenvalue weighted by molar-refractivity contribution is 7.03. The van der Waals surface area contributed by atoms with E-state index < -0.39 is 8.07 Å². The van der Waals surface area contributed by atoms with Crippen molar-refractivity contribution in [3.05, 3.63) is 115 Å². The molecule has 0 amide bonds. The first kappa shape index (κ1) is 22.8. The Morgan fingerprint density at radius 1 is 0.634 bits per heavy atom. The van der Waals surface area contributed by atoms with Gasteiger partial charge in [-0.1, -0.05) is 104 Å². The zero-order chi connectivity index (χ0) is 27.3. The maximum atomic E-state index is 6.38. The maximum Gasteiger partial charge on any atom is 0.161 e. The molecule has 1 aliphatic rings. The number of fused-ring (bicyclic) bond motifs is 10. The molecular formula is C36H25N3OSi. The minimum atomic E-state index is -2.09. The van der Waals surface area contributed by atoms with Crippen LogP contribution in [0.1, 0.15) is 0 Å². The smallest absolute Gasteiger partial charge is 0.161 e. The number of rotatable bonds is 2. The largest absolute Gasteiger partial charge is 0.456 e. The van der Waals surface area contributed by atoms with E-state index in [9.17, 15) is 0 Å². The lowest BCUT2D eigenvalue weighted by molar-refractivity contribution is 0.669. The summed E-state index contributed by atoms with van der Waals surface area (Å²) in [6.07, 6.45) is 0. The Bertz CT molecular complexity index is 2350. The SMILES string of the molecule is C[Si]1(C)c2ccccc2-c2c(-n3c4ccccc4c4ccc5oc6ccccc6c5c43)nc(-c3ccccc3)nc21. The molecule has 8 aromatic rings. The minimum Gasteiger partial charge on any atom is -0.456 e. The maximum absolute atomic E-state index is 6.38. The predicted octanol–water partition coefficient (Wildman–Crippen LogP) is 7.94. The molecule has 4 nitrogen and oxygen atoms in total. The van der Waals surface area contributed by atoms with Crippen LogP contribution < -0.4 is 10.5 Å². The molecule has 0 atom stereocenters. The normalized spacial score (nSPS) is 13.8. The van der Waals surface area contributed by atoms with Gasteiger partial charge in [-0.15, -0.1) is 0 Å². The van der Waals surface area contributed by atoms with Crippen LogP contribution in [0.25, 0.3) is 72.1 Å². The summed E-state index contributed by atoms with van der Waals surface area (Å²) in [7, 11) is -2.09. The number of nitrogens with zero attached hydrogens (tertiary/aromatic N) is 3. The Kier molecular flexibility index (Phi) is 4.46. The van der Waals surface area contributed by atoms with E-state index in [1.54, 1.807) is 0 Å². The van der Waals surface area contributed by atoms with Crippen molar-refractivity contribution in [2.24, 2.45) is 0 Å². The van der Waals surface area contributed by atoms with Crippen molar-refractivity contribution in [3.63, 3.8) is 0 Å². The Morgan fingerprint density at radius 2 is 1.37 bits per heavy atom. The van der Waals surface area contributed by atoms with E-state index in [0.29, 0.717) is 0 Å². The third-order valence-electron chi connectivity index (χ3n) is 8.77. The molecule has 4 heterocycles. The molecule has 0 radical (unpaired) electrons. The highest BCUT2D eigenvalue weighted by Gasteiger charge is 2.42. The van der Waals surface area contributed by atoms with Crippen LogP contribution in [0.4, 0.5) is 0 Å². The van der Waals surface area contributed by atoms with Gasteiger partial charge in [-0.2, -0.15) is 0 Å². The van der Waals surface area contributed by atoms with Gasteiger partial charge < -0.3 is 4.42 Å². The van der Waals surface area contributed by atoms with Crippen LogP contribution >= 0.6 is 0 Å². The molecule has 1 aliphatic heterocycles. The first-order valence-corrected chi connectivity index (χ1v) is 17.0. The molecule has 0 bridgehead atoms. The second kappa shape index (κ2) is 8.02. The first-order chi connectivity index (χ1) is 20.1. The van der Waals surface area contributed by atoms with E-state index >= 15 is 0 Å². The number of para-hydroxylation sites is 2. The topological polar surface area (TPSA) is 43.9 Å². The van der Waals surface area contributed by atoms with Gasteiger partial charge in [-0.25, -0.2) is 9.97 Å². The molecule has 5 heteroatoms. The van der Waals surface area contributed by atoms with E-state index in [-0.39, 0.29) is 0 Å². The van der Waals surface area contributed by atoms with E-state index in [1.165, 1.54) is 26.8 Å². The third kappa shape index (κ3) is 2.98. The fourth-order valence-corrected chi connectivity index (χ4v) is 9.79. The van der Waals surface area contributed by atoms with Crippen molar-refractivity contribution in [3.8, 4) is 28.3 Å². The number of benzene rings is 5. The molecule has 0 saturated heterocycles. The molecule has 0 saturated carbocycles. The molecule has 0 aliphatic carbocycles. The summed E-state index contributed by atoms with van der Waals surface area (Å²) in [5, 5.41) is 7.22. The standard InChI is InChI=1S/C36H25N3OSi/c1-41(2)30-19-11-8-16-26(30)32-35(37-34(38-36(32)41)22-12-4-3-5-13-22)39-27-17-9-6-14-23(27)24-20-21-29-31(33(24)39)25-15-7-10-18-28(25)40-29/h3-21H,1-2H3. The Labute approximate surface area is 237 Å². The molecule has 194 valence electrons. The van der Waals surface area contributed by atoms with Gasteiger partial charge in [0.15, 0.2) is 5.82 Å². The Balaban J connectivity index is 1.53. The zero-order valence-electron chi connectivity index (χ0n) is 22.7. The van der Waals surface area contributed by atoms with Gasteiger partial charge in [-0.05, 0) is 35.0 Å². The zero-order valence-corrected chi connectivity index (χ0v) is 23.7. The lowest BCUT2D eigenvalue weighted by Gasteiger charge is -2.19. The second-order valence-electron chi connectivity index (χ2n) is 11.4. The summed E-state index contributed by atoms with van der Waals surface area (Å²) in [4.78, 5) is 10.8. The molecule has 5 aromatic carbocycles. The Hall–Kier alpha value is -5.00. The number of furan rings is 1. The van der Waals surface area contributed by atoms with Gasteiger partial charge in [0.05, 0.1) is 16.4 Å². The summed E-state index contributed by atoms with van der Waals surface area (Å²) < 4.78 is 8.77.